The SMILES string of the molecule is Cc1ncc(Cl)cc1C(=O)NC1CCC(Cn2c(=O)n(-c3ccc(N4CC[C@H](N(C)C)C4)nc3)c3ccccc32)CC1. The van der Waals surface area contributed by atoms with Gasteiger partial charge in [-0.15, -0.1) is 0 Å². The average molecular weight is 588 g/mol. The average Bonchev–Trinajstić information content (AvgIpc) is 3.59. The number of hydrogen-bond donors (Lipinski definition) is 1. The third kappa shape index (κ3) is 5.68. The number of aromatic nitrogens is 4. The molecule has 1 aromatic carbocycles. The van der Waals surface area contributed by atoms with Gasteiger partial charge in [-0.2, -0.15) is 0 Å². The molecule has 10 heteroatoms. The van der Waals surface area contributed by atoms with E-state index in [0.29, 0.717) is 34.8 Å². The highest BCUT2D eigenvalue weighted by Crippen LogP contribution is 2.28. The monoisotopic (exact) mass is 587 g/mol. The molecule has 1 N–H and O–H groups in total. The minimum absolute atomic E-state index is 0.0426. The number of aryl methyl sites for hydroxylation is 1. The molecule has 220 valence electrons. The third-order valence-corrected chi connectivity index (χ3v) is 9.17. The summed E-state index contributed by atoms with van der Waals surface area (Å²) in [4.78, 5) is 40.3. The zero-order valence-corrected chi connectivity index (χ0v) is 25.2. The number of pyridine rings is 2. The first-order chi connectivity index (χ1) is 20.3. The van der Waals surface area contributed by atoms with Crippen LogP contribution in [-0.2, 0) is 6.54 Å². The molecule has 1 amide bonds. The summed E-state index contributed by atoms with van der Waals surface area (Å²) in [6.45, 7) is 4.41. The summed E-state index contributed by atoms with van der Waals surface area (Å²) in [6.07, 6.45) is 8.10. The van der Waals surface area contributed by atoms with Crippen LogP contribution >= 0.6 is 11.6 Å². The van der Waals surface area contributed by atoms with E-state index in [-0.39, 0.29) is 17.6 Å². The van der Waals surface area contributed by atoms with Gasteiger partial charge >= 0.3 is 5.69 Å². The zero-order chi connectivity index (χ0) is 29.4. The van der Waals surface area contributed by atoms with Crippen LogP contribution in [0.1, 0.15) is 48.2 Å². The molecule has 1 atom stereocenters. The molecule has 0 spiro atoms. The van der Waals surface area contributed by atoms with Crippen molar-refractivity contribution < 1.29 is 4.79 Å². The Morgan fingerprint density at radius 2 is 1.79 bits per heavy atom. The van der Waals surface area contributed by atoms with Crippen molar-refractivity contribution in [2.24, 2.45) is 5.92 Å². The summed E-state index contributed by atoms with van der Waals surface area (Å²) < 4.78 is 3.70. The number of carbonyl (C=O) groups excluding carboxylic acids is 1. The number of rotatable bonds is 7. The molecule has 1 aliphatic carbocycles. The maximum atomic E-state index is 13.9. The highest BCUT2D eigenvalue weighted by molar-refractivity contribution is 6.30. The molecule has 1 saturated heterocycles. The number of carbonyl (C=O) groups is 1. The van der Waals surface area contributed by atoms with E-state index in [0.717, 1.165) is 67.7 Å². The van der Waals surface area contributed by atoms with E-state index in [1.54, 1.807) is 16.8 Å². The summed E-state index contributed by atoms with van der Waals surface area (Å²) in [5.41, 5.74) is 3.74. The van der Waals surface area contributed by atoms with Gasteiger partial charge in [0.15, 0.2) is 0 Å². The van der Waals surface area contributed by atoms with Crippen molar-refractivity contribution in [2.75, 3.05) is 32.1 Å². The number of anilines is 1. The first-order valence-electron chi connectivity index (χ1n) is 14.8. The Labute approximate surface area is 251 Å². The topological polar surface area (TPSA) is 88.3 Å². The number of benzene rings is 1. The summed E-state index contributed by atoms with van der Waals surface area (Å²) in [6, 6.07) is 14.3. The lowest BCUT2D eigenvalue weighted by molar-refractivity contribution is 0.0919. The number of amides is 1. The maximum absolute atomic E-state index is 13.9. The second-order valence-corrected chi connectivity index (χ2v) is 12.4. The van der Waals surface area contributed by atoms with Crippen LogP contribution in [0.5, 0.6) is 0 Å². The van der Waals surface area contributed by atoms with Gasteiger partial charge in [0.1, 0.15) is 5.82 Å². The van der Waals surface area contributed by atoms with Crippen LogP contribution in [0.4, 0.5) is 5.82 Å². The molecule has 1 aliphatic heterocycles. The lowest BCUT2D eigenvalue weighted by atomic mass is 9.85. The number of nitrogens with zero attached hydrogens (tertiary/aromatic N) is 6. The summed E-state index contributed by atoms with van der Waals surface area (Å²) in [7, 11) is 4.25. The molecule has 0 radical (unpaired) electrons. The number of nitrogens with one attached hydrogen (secondary N) is 1. The Morgan fingerprint density at radius 3 is 2.48 bits per heavy atom. The first kappa shape index (κ1) is 28.4. The van der Waals surface area contributed by atoms with Gasteiger partial charge in [0.05, 0.1) is 39.2 Å². The molecule has 1 saturated carbocycles. The van der Waals surface area contributed by atoms with Crippen molar-refractivity contribution in [1.29, 1.82) is 0 Å². The van der Waals surface area contributed by atoms with Crippen molar-refractivity contribution in [1.82, 2.24) is 29.3 Å². The van der Waals surface area contributed by atoms with E-state index in [4.69, 9.17) is 16.6 Å². The van der Waals surface area contributed by atoms with Crippen molar-refractivity contribution in [2.45, 2.75) is 57.7 Å². The molecule has 4 aromatic rings. The minimum atomic E-state index is -0.132. The summed E-state index contributed by atoms with van der Waals surface area (Å²) in [5.74, 6) is 1.17. The predicted octanol–water partition coefficient (Wildman–Crippen LogP) is 4.67. The van der Waals surface area contributed by atoms with Crippen molar-refractivity contribution in [3.8, 4) is 5.69 Å². The molecule has 2 aliphatic rings. The standard InChI is InChI=1S/C32H38ClN7O2/c1-21-27(16-23(33)17-34-21)31(41)36-24-10-8-22(9-11-24)19-39-28-6-4-5-7-29(28)40(32(39)42)25-12-13-30(35-18-25)38-15-14-26(20-38)37(2)3/h4-7,12-13,16-18,22,24,26H,8-11,14-15,19-20H2,1-3H3,(H,36,41)/t22?,24?,26-/m0/s1. The number of likely N-dealkylation sites (N-methyl/N-ethyl adjacent to an activating group) is 1. The fraction of sp³-hybridized carbons (Fsp3) is 0.438. The van der Waals surface area contributed by atoms with Gasteiger partial charge in [-0.05, 0) is 89.4 Å². The van der Waals surface area contributed by atoms with Gasteiger partial charge in [-0.1, -0.05) is 23.7 Å². The normalized spacial score (nSPS) is 20.9. The molecule has 0 bridgehead atoms. The smallest absolute Gasteiger partial charge is 0.333 e. The molecule has 9 nitrogen and oxygen atoms in total. The highest BCUT2D eigenvalue weighted by Gasteiger charge is 2.27. The van der Waals surface area contributed by atoms with Gasteiger partial charge in [-0.3, -0.25) is 18.9 Å². The van der Waals surface area contributed by atoms with Crippen LogP contribution in [0.15, 0.2) is 59.7 Å². The van der Waals surface area contributed by atoms with E-state index in [1.165, 1.54) is 0 Å². The Balaban J connectivity index is 1.15. The lowest BCUT2D eigenvalue weighted by Crippen LogP contribution is -2.39. The van der Waals surface area contributed by atoms with Gasteiger partial charge < -0.3 is 15.1 Å². The molecular formula is C32H38ClN7O2. The number of imidazole rings is 1. The molecule has 6 rings (SSSR count). The van der Waals surface area contributed by atoms with Gasteiger partial charge in [0.25, 0.3) is 5.91 Å². The van der Waals surface area contributed by atoms with Crippen molar-refractivity contribution >= 4 is 34.4 Å². The predicted molar refractivity (Wildman–Crippen MR) is 167 cm³/mol. The lowest BCUT2D eigenvalue weighted by Gasteiger charge is -2.29. The number of fused-ring (bicyclic) bond motifs is 1. The van der Waals surface area contributed by atoms with E-state index < -0.39 is 0 Å². The molecule has 2 fully saturated rings. The third-order valence-electron chi connectivity index (χ3n) is 8.96. The van der Waals surface area contributed by atoms with Gasteiger partial charge in [0.2, 0.25) is 0 Å². The fourth-order valence-corrected chi connectivity index (χ4v) is 6.61. The van der Waals surface area contributed by atoms with Gasteiger partial charge in [-0.25, -0.2) is 9.78 Å². The fourth-order valence-electron chi connectivity index (χ4n) is 6.45. The van der Waals surface area contributed by atoms with E-state index >= 15 is 0 Å². The summed E-state index contributed by atoms with van der Waals surface area (Å²) in [5, 5.41) is 3.62. The van der Waals surface area contributed by atoms with Crippen molar-refractivity contribution in [3.63, 3.8) is 0 Å². The van der Waals surface area contributed by atoms with Crippen LogP contribution < -0.4 is 15.9 Å². The van der Waals surface area contributed by atoms with E-state index in [2.05, 4.69) is 34.2 Å². The molecule has 42 heavy (non-hydrogen) atoms. The quantitative estimate of drug-likeness (QED) is 0.338. The van der Waals surface area contributed by atoms with E-state index in [9.17, 15) is 9.59 Å². The Hall–Kier alpha value is -3.69. The number of para-hydroxylation sites is 2. The van der Waals surface area contributed by atoms with Crippen molar-refractivity contribution in [3.05, 3.63) is 81.6 Å². The largest absolute Gasteiger partial charge is 0.355 e. The van der Waals surface area contributed by atoms with Crippen LogP contribution in [0.25, 0.3) is 16.7 Å². The molecule has 4 heterocycles. The zero-order valence-electron chi connectivity index (χ0n) is 24.5. The molecular weight excluding hydrogens is 550 g/mol. The molecule has 3 aromatic heterocycles. The van der Waals surface area contributed by atoms with Crippen LogP contribution in [0.2, 0.25) is 5.02 Å². The Morgan fingerprint density at radius 1 is 1.02 bits per heavy atom. The second-order valence-electron chi connectivity index (χ2n) is 11.9. The first-order valence-corrected chi connectivity index (χ1v) is 15.2. The minimum Gasteiger partial charge on any atom is -0.355 e. The Bertz CT molecular complexity index is 1640. The van der Waals surface area contributed by atoms with Crippen LogP contribution in [-0.4, -0.2) is 69.2 Å². The summed E-state index contributed by atoms with van der Waals surface area (Å²) >= 11 is 6.06. The number of halogens is 1. The van der Waals surface area contributed by atoms with Gasteiger partial charge in [0, 0.05) is 37.9 Å². The van der Waals surface area contributed by atoms with E-state index in [1.807, 2.05) is 54.1 Å². The second kappa shape index (κ2) is 11.9. The Kier molecular flexibility index (Phi) is 8.05. The van der Waals surface area contributed by atoms with Crippen LogP contribution in [0.3, 0.4) is 0 Å². The highest BCUT2D eigenvalue weighted by atomic mass is 35.5. The van der Waals surface area contributed by atoms with Crippen LogP contribution in [0, 0.1) is 12.8 Å². The maximum Gasteiger partial charge on any atom is 0.333 e. The number of hydrogen-bond acceptors (Lipinski definition) is 6. The molecule has 0 unspecified atom stereocenters.